The van der Waals surface area contributed by atoms with Crippen LogP contribution in [0.3, 0.4) is 0 Å². The van der Waals surface area contributed by atoms with E-state index in [0.717, 1.165) is 18.4 Å². The van der Waals surface area contributed by atoms with Crippen LogP contribution in [0.25, 0.3) is 0 Å². The predicted octanol–water partition coefficient (Wildman–Crippen LogP) is 4.92. The molecule has 2 aliphatic carbocycles. The van der Waals surface area contributed by atoms with E-state index >= 15 is 0 Å². The lowest BCUT2D eigenvalue weighted by molar-refractivity contribution is -0.172. The number of aliphatic hydroxyl groups excluding tert-OH is 2. The van der Waals surface area contributed by atoms with Gasteiger partial charge in [0.15, 0.2) is 0 Å². The minimum Gasteiger partial charge on any atom is -0.466 e. The molecule has 0 radical (unpaired) electrons. The lowest BCUT2D eigenvalue weighted by Crippen LogP contribution is -2.54. The Hall–Kier alpha value is -2.18. The number of allylic oxidation sites excluding steroid dienone is 5. The quantitative estimate of drug-likeness (QED) is 0.392. The number of carbonyl (C=O) groups is 2. The van der Waals surface area contributed by atoms with Crippen LogP contribution in [0.5, 0.6) is 0 Å². The third kappa shape index (κ3) is 5.70. The molecule has 0 bridgehead atoms. The van der Waals surface area contributed by atoms with E-state index in [1.165, 1.54) is 7.11 Å². The van der Waals surface area contributed by atoms with Crippen LogP contribution >= 0.6 is 0 Å². The van der Waals surface area contributed by atoms with E-state index < -0.39 is 23.6 Å². The summed E-state index contributed by atoms with van der Waals surface area (Å²) in [6.07, 6.45) is 13.5. The molecule has 0 aromatic carbocycles. The largest absolute Gasteiger partial charge is 0.466 e. The molecular weight excluding hydrogens is 456 g/mol. The number of fused-ring (bicyclic) bond motifs is 3. The molecule has 0 amide bonds. The molecular formula is C30H44O6. The highest BCUT2D eigenvalue weighted by molar-refractivity contribution is 5.89. The first-order valence-corrected chi connectivity index (χ1v) is 13.4. The highest BCUT2D eigenvalue weighted by Gasteiger charge is 2.56. The van der Waals surface area contributed by atoms with Crippen molar-refractivity contribution in [2.45, 2.75) is 85.0 Å². The van der Waals surface area contributed by atoms with E-state index in [0.29, 0.717) is 19.3 Å². The summed E-state index contributed by atoms with van der Waals surface area (Å²) in [6.45, 7) is 9.89. The second kappa shape index (κ2) is 11.9. The van der Waals surface area contributed by atoms with Crippen LogP contribution in [-0.4, -0.2) is 47.6 Å². The molecule has 2 N–H and O–H groups in total. The van der Waals surface area contributed by atoms with Gasteiger partial charge in [0.25, 0.3) is 0 Å². The molecule has 9 atom stereocenters. The van der Waals surface area contributed by atoms with Crippen molar-refractivity contribution in [1.29, 1.82) is 0 Å². The standard InChI is InChI=1S/C30H44O6/c1-18-11-7-10-14-24-20(3)17-23-25(16-15-19(2)27(23)32)30(24,5)29(34)36-21(4)12-8-9-13-22(26(18)31)28(33)35-6/h7,10-11,13-14,17-19,21,23-27,31-32H,8-9,12,15-16H2,1-6H3/b11-7+,14-10+,22-13-/t18-,19-,21+,23+,24-,25-,26+,27+,30-/m0/s1. The third-order valence-electron chi connectivity index (χ3n) is 8.73. The monoisotopic (exact) mass is 500 g/mol. The molecule has 6 heteroatoms. The number of aliphatic hydroxyl groups is 2. The average molecular weight is 501 g/mol. The van der Waals surface area contributed by atoms with Gasteiger partial charge < -0.3 is 19.7 Å². The maximum absolute atomic E-state index is 13.8. The van der Waals surface area contributed by atoms with Gasteiger partial charge in [-0.2, -0.15) is 0 Å². The summed E-state index contributed by atoms with van der Waals surface area (Å²) in [5.41, 5.74) is 0.528. The number of methoxy groups -OCH3 is 1. The van der Waals surface area contributed by atoms with Gasteiger partial charge in [-0.25, -0.2) is 4.79 Å². The van der Waals surface area contributed by atoms with Crippen molar-refractivity contribution in [3.8, 4) is 0 Å². The molecule has 0 unspecified atom stereocenters. The van der Waals surface area contributed by atoms with Gasteiger partial charge in [-0.05, 0) is 64.7 Å². The molecule has 1 saturated carbocycles. The third-order valence-corrected chi connectivity index (χ3v) is 8.73. The maximum Gasteiger partial charge on any atom is 0.336 e. The van der Waals surface area contributed by atoms with Crippen LogP contribution in [0, 0.1) is 35.0 Å². The molecule has 3 rings (SSSR count). The van der Waals surface area contributed by atoms with E-state index in [-0.39, 0.29) is 47.2 Å². The van der Waals surface area contributed by atoms with Crippen LogP contribution in [-0.2, 0) is 19.1 Å². The van der Waals surface area contributed by atoms with Crippen LogP contribution in [0.15, 0.2) is 47.6 Å². The number of cyclic esters (lactones) is 1. The van der Waals surface area contributed by atoms with Crippen molar-refractivity contribution in [3.63, 3.8) is 0 Å². The van der Waals surface area contributed by atoms with Crippen molar-refractivity contribution >= 4 is 11.9 Å². The van der Waals surface area contributed by atoms with Crippen LogP contribution in [0.2, 0.25) is 0 Å². The van der Waals surface area contributed by atoms with Gasteiger partial charge >= 0.3 is 11.9 Å². The lowest BCUT2D eigenvalue weighted by atomic mass is 9.52. The molecule has 6 nitrogen and oxygen atoms in total. The summed E-state index contributed by atoms with van der Waals surface area (Å²) in [4.78, 5) is 26.1. The minimum absolute atomic E-state index is 0.00379. The highest BCUT2D eigenvalue weighted by atomic mass is 16.5. The molecule has 3 aliphatic rings. The highest BCUT2D eigenvalue weighted by Crippen LogP contribution is 2.55. The average Bonchev–Trinajstić information content (AvgIpc) is 2.84. The Bertz CT molecular complexity index is 930. The second-order valence-corrected chi connectivity index (χ2v) is 11.3. The Morgan fingerprint density at radius 1 is 1.11 bits per heavy atom. The number of ether oxygens (including phenoxy) is 2. The van der Waals surface area contributed by atoms with Gasteiger partial charge in [0.2, 0.25) is 0 Å². The zero-order chi connectivity index (χ0) is 26.6. The Morgan fingerprint density at radius 3 is 2.50 bits per heavy atom. The maximum atomic E-state index is 13.8. The Kier molecular flexibility index (Phi) is 9.39. The van der Waals surface area contributed by atoms with Crippen LogP contribution in [0.4, 0.5) is 0 Å². The molecule has 36 heavy (non-hydrogen) atoms. The fourth-order valence-electron chi connectivity index (χ4n) is 6.36. The normalized spacial score (nSPS) is 43.5. The van der Waals surface area contributed by atoms with Gasteiger partial charge in [-0.1, -0.05) is 55.9 Å². The van der Waals surface area contributed by atoms with Gasteiger partial charge in [0.05, 0.1) is 36.4 Å². The molecule has 0 aromatic heterocycles. The summed E-state index contributed by atoms with van der Waals surface area (Å²) < 4.78 is 10.9. The van der Waals surface area contributed by atoms with E-state index in [1.807, 2.05) is 52.0 Å². The number of esters is 2. The van der Waals surface area contributed by atoms with Crippen molar-refractivity contribution in [3.05, 3.63) is 47.6 Å². The van der Waals surface area contributed by atoms with Gasteiger partial charge in [-0.3, -0.25) is 4.79 Å². The summed E-state index contributed by atoms with van der Waals surface area (Å²) >= 11 is 0. The minimum atomic E-state index is -0.974. The molecule has 0 spiro atoms. The fourth-order valence-corrected chi connectivity index (χ4v) is 6.36. The van der Waals surface area contributed by atoms with Crippen molar-refractivity contribution in [1.82, 2.24) is 0 Å². The van der Waals surface area contributed by atoms with Gasteiger partial charge in [-0.15, -0.1) is 0 Å². The first-order valence-electron chi connectivity index (χ1n) is 13.4. The van der Waals surface area contributed by atoms with Crippen LogP contribution in [0.1, 0.15) is 66.7 Å². The number of hydrogen-bond acceptors (Lipinski definition) is 6. The van der Waals surface area contributed by atoms with Crippen molar-refractivity contribution in [2.24, 2.45) is 35.0 Å². The van der Waals surface area contributed by atoms with Crippen molar-refractivity contribution in [2.75, 3.05) is 7.11 Å². The molecule has 1 heterocycles. The van der Waals surface area contributed by atoms with Gasteiger partial charge in [0.1, 0.15) is 0 Å². The lowest BCUT2D eigenvalue weighted by Gasteiger charge is -2.52. The summed E-state index contributed by atoms with van der Waals surface area (Å²) in [5.74, 6) is -1.07. The van der Waals surface area contributed by atoms with Crippen LogP contribution < -0.4 is 0 Å². The molecule has 1 aliphatic heterocycles. The Labute approximate surface area is 216 Å². The first-order chi connectivity index (χ1) is 17.0. The Balaban J connectivity index is 2.00. The van der Waals surface area contributed by atoms with E-state index in [9.17, 15) is 19.8 Å². The number of rotatable bonds is 1. The summed E-state index contributed by atoms with van der Waals surface area (Å²) in [5, 5.41) is 21.8. The molecule has 200 valence electrons. The van der Waals surface area contributed by atoms with E-state index in [1.54, 1.807) is 6.08 Å². The molecule has 1 fully saturated rings. The topological polar surface area (TPSA) is 93.1 Å². The van der Waals surface area contributed by atoms with E-state index in [2.05, 4.69) is 13.0 Å². The molecule has 0 saturated heterocycles. The Morgan fingerprint density at radius 2 is 1.81 bits per heavy atom. The fraction of sp³-hybridized carbons (Fsp3) is 0.667. The van der Waals surface area contributed by atoms with E-state index in [4.69, 9.17) is 9.47 Å². The summed E-state index contributed by atoms with van der Waals surface area (Å²) in [7, 11) is 1.31. The predicted molar refractivity (Wildman–Crippen MR) is 140 cm³/mol. The second-order valence-electron chi connectivity index (χ2n) is 11.3. The number of hydrogen-bond donors (Lipinski definition) is 2. The SMILES string of the molecule is COC(=O)/C1=C\CCC[C@@H](C)OC(=O)[C@@]2(C)[C@@H](/C=C/C=C/[C@H](C)[C@H]1O)C(C)=C[C@H]1[C@H](O)[C@@H](C)CC[C@@H]12. The summed E-state index contributed by atoms with van der Waals surface area (Å²) in [6, 6.07) is 0. The zero-order valence-corrected chi connectivity index (χ0v) is 22.6. The van der Waals surface area contributed by atoms with Crippen molar-refractivity contribution < 1.29 is 29.3 Å². The first kappa shape index (κ1) is 28.4. The molecule has 0 aromatic rings. The van der Waals surface area contributed by atoms with Gasteiger partial charge in [0, 0.05) is 17.8 Å². The smallest absolute Gasteiger partial charge is 0.336 e. The number of carbonyl (C=O) groups excluding carboxylic acids is 2. The zero-order valence-electron chi connectivity index (χ0n) is 22.6.